The normalized spacial score (nSPS) is 12.0. The van der Waals surface area contributed by atoms with Crippen LogP contribution in [0.2, 0.25) is 0 Å². The van der Waals surface area contributed by atoms with Crippen molar-refractivity contribution in [2.24, 2.45) is 0 Å². The van der Waals surface area contributed by atoms with Gasteiger partial charge in [-0.25, -0.2) is 0 Å². The summed E-state index contributed by atoms with van der Waals surface area (Å²) in [5, 5.41) is 3.38. The number of rotatable bonds is 28. The molecule has 0 fully saturated rings. The number of halogens is 2. The molecule has 278 valence electrons. The van der Waals surface area contributed by atoms with Crippen molar-refractivity contribution in [3.05, 3.63) is 35.4 Å². The molecule has 47 heavy (non-hydrogen) atoms. The van der Waals surface area contributed by atoms with Gasteiger partial charge in [0.2, 0.25) is 5.91 Å². The molecule has 0 aliphatic heterocycles. The van der Waals surface area contributed by atoms with Gasteiger partial charge in [-0.1, -0.05) is 82.6 Å². The Balaban J connectivity index is 0. The third-order valence-corrected chi connectivity index (χ3v) is 10.7. The second-order valence-electron chi connectivity index (χ2n) is 14.1. The Labute approximate surface area is 311 Å². The van der Waals surface area contributed by atoms with Crippen molar-refractivity contribution in [2.45, 2.75) is 105 Å². The van der Waals surface area contributed by atoms with E-state index in [4.69, 9.17) is 9.05 Å². The predicted octanol–water partition coefficient (Wildman–Crippen LogP) is 1.47. The Bertz CT molecular complexity index is 957. The maximum absolute atomic E-state index is 12.6. The molecule has 8 nitrogen and oxygen atoms in total. The molecule has 1 aromatic rings. The number of hydrogen-bond donors (Lipinski definition) is 1. The minimum Gasteiger partial charge on any atom is -1.00 e. The van der Waals surface area contributed by atoms with Crippen molar-refractivity contribution < 1.29 is 61.3 Å². The lowest BCUT2D eigenvalue weighted by molar-refractivity contribution is -0.903. The fraction of sp³-hybridized carbons (Fsp3) is 0.806. The molecule has 0 heterocycles. The minimum atomic E-state index is -3.01. The van der Waals surface area contributed by atoms with Gasteiger partial charge in [-0.2, -0.15) is 0 Å². The first-order valence-corrected chi connectivity index (χ1v) is 19.6. The number of carbonyl (C=O) groups is 1. The average Bonchev–Trinajstić information content (AvgIpc) is 2.96. The van der Waals surface area contributed by atoms with Crippen molar-refractivity contribution in [3.63, 3.8) is 0 Å². The van der Waals surface area contributed by atoms with Crippen molar-refractivity contribution >= 4 is 13.5 Å². The van der Waals surface area contributed by atoms with Crippen LogP contribution in [-0.2, 0) is 31.5 Å². The summed E-state index contributed by atoms with van der Waals surface area (Å²) in [5.74, 6) is 0.106. The molecular formula is C36H71Br2N4O4P. The molecule has 0 unspecified atom stereocenters. The highest BCUT2D eigenvalue weighted by Gasteiger charge is 2.23. The molecule has 1 aromatic carbocycles. The Morgan fingerprint density at radius 1 is 0.723 bits per heavy atom. The van der Waals surface area contributed by atoms with Gasteiger partial charge in [0.15, 0.2) is 0 Å². The van der Waals surface area contributed by atoms with Gasteiger partial charge in [-0.05, 0) is 32.3 Å². The van der Waals surface area contributed by atoms with E-state index < -0.39 is 7.60 Å². The molecule has 0 radical (unpaired) electrons. The van der Waals surface area contributed by atoms with Crippen LogP contribution in [0.5, 0.6) is 0 Å². The van der Waals surface area contributed by atoms with E-state index in [9.17, 15) is 9.36 Å². The highest BCUT2D eigenvalue weighted by atomic mass is 79.9. The first kappa shape index (κ1) is 48.8. The van der Waals surface area contributed by atoms with Gasteiger partial charge in [0, 0.05) is 32.1 Å². The topological polar surface area (TPSA) is 67.9 Å². The molecule has 0 saturated heterocycles. The molecular weight excluding hydrogens is 743 g/mol. The smallest absolute Gasteiger partial charge is 0.331 e. The van der Waals surface area contributed by atoms with Crippen molar-refractivity contribution in [1.29, 1.82) is 0 Å². The molecule has 0 spiro atoms. The Kier molecular flexibility index (Phi) is 28.5. The molecule has 1 N–H and O–H groups in total. The lowest BCUT2D eigenvalue weighted by Crippen LogP contribution is -3.00. The first-order chi connectivity index (χ1) is 21.4. The van der Waals surface area contributed by atoms with Crippen LogP contribution in [0.3, 0.4) is 0 Å². The molecule has 0 aromatic heterocycles. The van der Waals surface area contributed by atoms with Gasteiger partial charge in [0.25, 0.3) is 0 Å². The zero-order valence-corrected chi connectivity index (χ0v) is 35.4. The van der Waals surface area contributed by atoms with Gasteiger partial charge in [0.05, 0.1) is 73.7 Å². The molecule has 0 bridgehead atoms. The van der Waals surface area contributed by atoms with E-state index >= 15 is 0 Å². The average molecular weight is 815 g/mol. The number of amides is 1. The molecule has 0 saturated carbocycles. The van der Waals surface area contributed by atoms with E-state index in [1.54, 1.807) is 6.92 Å². The van der Waals surface area contributed by atoms with Crippen LogP contribution in [0.1, 0.15) is 103 Å². The van der Waals surface area contributed by atoms with Crippen LogP contribution in [0, 0.1) is 0 Å². The zero-order chi connectivity index (χ0) is 33.6. The standard InChI is InChI=1S/C36H71N4O4P.2BrH/c1-9-12-13-14-15-16-17-18-19-20-28-40(7,8)33-36-23-21-35(22-24-36)32-38(34(4)41)27-30-39(5,6)29-25-37-26-31-45(42,43-10-2)44-11-3;;/h21-24,37H,9-20,25-33H2,1-8H3;2*1H/q+2;;/p-2. The summed E-state index contributed by atoms with van der Waals surface area (Å²) in [5.41, 5.74) is 2.53. The van der Waals surface area contributed by atoms with E-state index in [0.717, 1.165) is 35.1 Å². The molecule has 1 amide bonds. The van der Waals surface area contributed by atoms with E-state index in [-0.39, 0.29) is 39.9 Å². The predicted molar refractivity (Wildman–Crippen MR) is 190 cm³/mol. The van der Waals surface area contributed by atoms with Crippen molar-refractivity contribution in [1.82, 2.24) is 10.2 Å². The Hall–Kier alpha value is -0.320. The number of carbonyl (C=O) groups excluding carboxylic acids is 1. The van der Waals surface area contributed by atoms with Crippen molar-refractivity contribution in [3.8, 4) is 0 Å². The van der Waals surface area contributed by atoms with Crippen LogP contribution in [0.15, 0.2) is 24.3 Å². The monoisotopic (exact) mass is 812 g/mol. The third-order valence-electron chi connectivity index (χ3n) is 8.65. The highest BCUT2D eigenvalue weighted by Crippen LogP contribution is 2.47. The Morgan fingerprint density at radius 2 is 1.23 bits per heavy atom. The van der Waals surface area contributed by atoms with E-state index in [0.29, 0.717) is 39.0 Å². The van der Waals surface area contributed by atoms with Crippen LogP contribution in [0.4, 0.5) is 0 Å². The molecule has 0 aliphatic rings. The third kappa shape index (κ3) is 24.5. The second-order valence-corrected chi connectivity index (χ2v) is 16.2. The van der Waals surface area contributed by atoms with Crippen LogP contribution < -0.4 is 39.3 Å². The summed E-state index contributed by atoms with van der Waals surface area (Å²) in [6.07, 6.45) is 14.1. The van der Waals surface area contributed by atoms with E-state index in [1.807, 2.05) is 18.7 Å². The zero-order valence-electron chi connectivity index (χ0n) is 31.3. The number of nitrogens with one attached hydrogen (secondary N) is 1. The van der Waals surface area contributed by atoms with Gasteiger partial charge in [-0.3, -0.25) is 9.36 Å². The van der Waals surface area contributed by atoms with E-state index in [2.05, 4.69) is 64.7 Å². The largest absolute Gasteiger partial charge is 1.00 e. The Morgan fingerprint density at radius 3 is 1.74 bits per heavy atom. The fourth-order valence-electron chi connectivity index (χ4n) is 5.70. The summed E-state index contributed by atoms with van der Waals surface area (Å²) in [4.78, 5) is 14.5. The molecule has 0 atom stereocenters. The van der Waals surface area contributed by atoms with Gasteiger partial charge >= 0.3 is 7.60 Å². The molecule has 11 heteroatoms. The summed E-state index contributed by atoms with van der Waals surface area (Å²) in [6, 6.07) is 8.87. The number of benzene rings is 1. The lowest BCUT2D eigenvalue weighted by Gasteiger charge is -2.33. The number of likely N-dealkylation sites (N-methyl/N-ethyl adjacent to an activating group) is 1. The van der Waals surface area contributed by atoms with Crippen LogP contribution >= 0.6 is 7.60 Å². The summed E-state index contributed by atoms with van der Waals surface area (Å²) < 4.78 is 25.2. The van der Waals surface area contributed by atoms with Crippen molar-refractivity contribution in [2.75, 3.05) is 86.8 Å². The molecule has 1 rings (SSSR count). The quantitative estimate of drug-likeness (QED) is 0.0790. The minimum absolute atomic E-state index is 0. The number of nitrogens with zero attached hydrogens (tertiary/aromatic N) is 3. The summed E-state index contributed by atoms with van der Waals surface area (Å²) in [6.45, 7) is 15.1. The van der Waals surface area contributed by atoms with Crippen LogP contribution in [0.25, 0.3) is 0 Å². The SMILES string of the molecule is CCCCCCCCCCCC[N+](C)(C)Cc1ccc(CN(CC[N+](C)(C)CCNCCP(=O)(OCC)OCC)C(C)=O)cc1.[Br-].[Br-]. The molecule has 0 aliphatic carbocycles. The highest BCUT2D eigenvalue weighted by molar-refractivity contribution is 7.53. The first-order valence-electron chi connectivity index (χ1n) is 17.9. The van der Waals surface area contributed by atoms with E-state index in [1.165, 1.54) is 81.9 Å². The number of unbranched alkanes of at least 4 members (excludes halogenated alkanes) is 9. The second kappa shape index (κ2) is 27.4. The van der Waals surface area contributed by atoms with Crippen LogP contribution in [-0.4, -0.2) is 107 Å². The number of hydrogen-bond acceptors (Lipinski definition) is 5. The maximum atomic E-state index is 12.6. The number of quaternary nitrogens is 2. The van der Waals surface area contributed by atoms with Gasteiger partial charge in [-0.15, -0.1) is 0 Å². The van der Waals surface area contributed by atoms with Gasteiger partial charge < -0.3 is 62.2 Å². The lowest BCUT2D eigenvalue weighted by atomic mass is 10.1. The van der Waals surface area contributed by atoms with Gasteiger partial charge in [0.1, 0.15) is 6.54 Å². The summed E-state index contributed by atoms with van der Waals surface area (Å²) >= 11 is 0. The fourth-order valence-corrected chi connectivity index (χ4v) is 7.26. The maximum Gasteiger partial charge on any atom is 0.331 e. The summed E-state index contributed by atoms with van der Waals surface area (Å²) in [7, 11) is 6.05.